The summed E-state index contributed by atoms with van der Waals surface area (Å²) < 4.78 is 0. The Morgan fingerprint density at radius 2 is 1.66 bits per heavy atom. The van der Waals surface area contributed by atoms with Crippen LogP contribution >= 0.6 is 22.7 Å². The van der Waals surface area contributed by atoms with E-state index in [-0.39, 0.29) is 5.91 Å². The average molecular weight is 498 g/mol. The van der Waals surface area contributed by atoms with Gasteiger partial charge in [0.2, 0.25) is 0 Å². The number of anilines is 4. The highest BCUT2D eigenvalue weighted by Gasteiger charge is 2.16. The topological polar surface area (TPSA) is 92.9 Å². The summed E-state index contributed by atoms with van der Waals surface area (Å²) in [5, 5.41) is 9.83. The molecule has 0 aliphatic rings. The molecule has 5 rings (SSSR count). The Balaban J connectivity index is 1.35. The van der Waals surface area contributed by atoms with E-state index in [1.165, 1.54) is 33.8 Å². The number of hydrogen-bond donors (Lipinski definition) is 3. The third-order valence-electron chi connectivity index (χ3n) is 5.28. The van der Waals surface area contributed by atoms with Crippen LogP contribution in [0, 0.1) is 13.8 Å². The largest absolute Gasteiger partial charge is 0.382 e. The van der Waals surface area contributed by atoms with Crippen LogP contribution in [0.15, 0.2) is 78.2 Å². The van der Waals surface area contributed by atoms with Crippen molar-refractivity contribution in [1.29, 1.82) is 0 Å². The molecule has 8 heteroatoms. The normalized spacial score (nSPS) is 10.8. The number of nitrogens with one attached hydrogen (secondary N) is 2. The van der Waals surface area contributed by atoms with Gasteiger partial charge in [-0.25, -0.2) is 9.97 Å². The van der Waals surface area contributed by atoms with Gasteiger partial charge in [0.25, 0.3) is 5.91 Å². The Morgan fingerprint density at radius 1 is 0.886 bits per heavy atom. The molecular weight excluding hydrogens is 474 g/mol. The van der Waals surface area contributed by atoms with Crippen molar-refractivity contribution in [3.8, 4) is 21.1 Å². The van der Waals surface area contributed by atoms with Crippen LogP contribution in [-0.2, 0) is 0 Å². The van der Waals surface area contributed by atoms with Crippen LogP contribution in [0.25, 0.3) is 21.1 Å². The second-order valence-electron chi connectivity index (χ2n) is 8.17. The molecule has 2 aromatic heterocycles. The number of rotatable bonds is 6. The zero-order valence-electron chi connectivity index (χ0n) is 19.2. The smallest absolute Gasteiger partial charge is 0.255 e. The fourth-order valence-electron chi connectivity index (χ4n) is 3.77. The number of benzene rings is 3. The molecule has 0 radical (unpaired) electrons. The summed E-state index contributed by atoms with van der Waals surface area (Å²) >= 11 is 3.00. The molecule has 2 heterocycles. The fourth-order valence-corrected chi connectivity index (χ4v) is 5.60. The van der Waals surface area contributed by atoms with E-state index in [1.807, 2.05) is 47.8 Å². The van der Waals surface area contributed by atoms with Crippen molar-refractivity contribution < 1.29 is 4.79 Å². The quantitative estimate of drug-likeness (QED) is 0.232. The van der Waals surface area contributed by atoms with Crippen LogP contribution in [0.1, 0.15) is 21.5 Å². The van der Waals surface area contributed by atoms with E-state index in [4.69, 9.17) is 10.7 Å². The maximum Gasteiger partial charge on any atom is 0.255 e. The number of carbonyl (C=O) groups excluding carboxylic acids is 1. The number of aromatic nitrogens is 2. The molecule has 0 atom stereocenters. The Morgan fingerprint density at radius 3 is 2.43 bits per heavy atom. The number of hydrogen-bond acceptors (Lipinski definition) is 7. The predicted molar refractivity (Wildman–Crippen MR) is 147 cm³/mol. The molecule has 1 amide bonds. The zero-order valence-corrected chi connectivity index (χ0v) is 20.8. The van der Waals surface area contributed by atoms with Gasteiger partial charge in [0.05, 0.1) is 5.69 Å². The molecule has 0 unspecified atom stereocenters. The molecule has 174 valence electrons. The van der Waals surface area contributed by atoms with Crippen LogP contribution in [-0.4, -0.2) is 15.9 Å². The van der Waals surface area contributed by atoms with Crippen LogP contribution in [0.4, 0.5) is 22.3 Å². The molecule has 0 fully saturated rings. The Labute approximate surface area is 211 Å². The molecule has 6 nitrogen and oxygen atoms in total. The lowest BCUT2D eigenvalue weighted by molar-refractivity contribution is 0.102. The number of aryl methyl sites for hydroxylation is 2. The molecular formula is C27H23N5OS2. The molecule has 0 aliphatic heterocycles. The molecule has 0 spiro atoms. The van der Waals surface area contributed by atoms with Gasteiger partial charge < -0.3 is 16.4 Å². The van der Waals surface area contributed by atoms with Crippen LogP contribution in [0.3, 0.4) is 0 Å². The van der Waals surface area contributed by atoms with Crippen molar-refractivity contribution in [3.05, 3.63) is 94.9 Å². The number of nitrogen functional groups attached to an aromatic ring is 1. The first-order chi connectivity index (χ1) is 16.9. The summed E-state index contributed by atoms with van der Waals surface area (Å²) in [7, 11) is 0. The SMILES string of the molecule is Cc1cc(C)cc(Nc2nc(N)c(-c3nc(-c4cccc(NC(=O)c5ccccc5)c4)cs3)s2)c1. The van der Waals surface area contributed by atoms with E-state index < -0.39 is 0 Å². The molecule has 5 aromatic rings. The fraction of sp³-hybridized carbons (Fsp3) is 0.0741. The predicted octanol–water partition coefficient (Wildman–Crippen LogP) is 7.13. The van der Waals surface area contributed by atoms with Crippen molar-refractivity contribution in [2.75, 3.05) is 16.4 Å². The molecule has 3 aromatic carbocycles. The van der Waals surface area contributed by atoms with Crippen molar-refractivity contribution in [3.63, 3.8) is 0 Å². The van der Waals surface area contributed by atoms with E-state index >= 15 is 0 Å². The number of nitrogens with zero attached hydrogens (tertiary/aromatic N) is 2. The molecule has 4 N–H and O–H groups in total. The van der Waals surface area contributed by atoms with Crippen molar-refractivity contribution in [2.24, 2.45) is 0 Å². The highest BCUT2D eigenvalue weighted by molar-refractivity contribution is 7.23. The average Bonchev–Trinajstić information content (AvgIpc) is 3.46. The maximum atomic E-state index is 12.5. The van der Waals surface area contributed by atoms with Crippen molar-refractivity contribution >= 4 is 50.9 Å². The number of carbonyl (C=O) groups is 1. The van der Waals surface area contributed by atoms with Crippen LogP contribution < -0.4 is 16.4 Å². The minimum absolute atomic E-state index is 0.150. The maximum absolute atomic E-state index is 12.5. The van der Waals surface area contributed by atoms with E-state index in [0.717, 1.165) is 32.0 Å². The van der Waals surface area contributed by atoms with Gasteiger partial charge in [-0.3, -0.25) is 4.79 Å². The van der Waals surface area contributed by atoms with Gasteiger partial charge >= 0.3 is 0 Å². The van der Waals surface area contributed by atoms with E-state index in [2.05, 4.69) is 47.7 Å². The lowest BCUT2D eigenvalue weighted by Gasteiger charge is -2.06. The van der Waals surface area contributed by atoms with Gasteiger partial charge in [-0.2, -0.15) is 0 Å². The van der Waals surface area contributed by atoms with E-state index in [0.29, 0.717) is 17.1 Å². The van der Waals surface area contributed by atoms with Gasteiger partial charge in [0.1, 0.15) is 15.7 Å². The second-order valence-corrected chi connectivity index (χ2v) is 10.0. The monoisotopic (exact) mass is 497 g/mol. The summed E-state index contributed by atoms with van der Waals surface area (Å²) in [6.07, 6.45) is 0. The van der Waals surface area contributed by atoms with Gasteiger partial charge in [0.15, 0.2) is 5.13 Å². The third-order valence-corrected chi connectivity index (χ3v) is 7.26. The standard InChI is InChI=1S/C27H23N5OS2/c1-16-11-17(2)13-21(12-16)30-27-32-24(28)23(35-27)26-31-22(15-34-26)19-9-6-10-20(14-19)29-25(33)18-7-4-3-5-8-18/h3-15H,28H2,1-2H3,(H,29,33)(H,30,32). The summed E-state index contributed by atoms with van der Waals surface area (Å²) in [5.74, 6) is 0.301. The number of amides is 1. The van der Waals surface area contributed by atoms with Crippen molar-refractivity contribution in [2.45, 2.75) is 13.8 Å². The minimum atomic E-state index is -0.150. The first-order valence-electron chi connectivity index (χ1n) is 11.0. The number of nitrogens with two attached hydrogens (primary N) is 1. The van der Waals surface area contributed by atoms with E-state index in [1.54, 1.807) is 12.1 Å². The summed E-state index contributed by atoms with van der Waals surface area (Å²) in [5.41, 5.74) is 12.7. The summed E-state index contributed by atoms with van der Waals surface area (Å²) in [4.78, 5) is 22.7. The Bertz CT molecular complexity index is 1490. The van der Waals surface area contributed by atoms with E-state index in [9.17, 15) is 4.79 Å². The Kier molecular flexibility index (Phi) is 6.31. The molecule has 0 bridgehead atoms. The first kappa shape index (κ1) is 22.8. The van der Waals surface area contributed by atoms with Crippen LogP contribution in [0.5, 0.6) is 0 Å². The molecule has 0 saturated carbocycles. The van der Waals surface area contributed by atoms with Gasteiger partial charge in [-0.05, 0) is 61.4 Å². The lowest BCUT2D eigenvalue weighted by atomic mass is 10.1. The summed E-state index contributed by atoms with van der Waals surface area (Å²) in [6, 6.07) is 23.1. The van der Waals surface area contributed by atoms with Crippen molar-refractivity contribution in [1.82, 2.24) is 9.97 Å². The zero-order chi connectivity index (χ0) is 24.4. The highest BCUT2D eigenvalue weighted by atomic mass is 32.1. The Hall–Kier alpha value is -4.01. The van der Waals surface area contributed by atoms with Gasteiger partial charge in [-0.1, -0.05) is 47.7 Å². The minimum Gasteiger partial charge on any atom is -0.382 e. The highest BCUT2D eigenvalue weighted by Crippen LogP contribution is 2.39. The summed E-state index contributed by atoms with van der Waals surface area (Å²) in [6.45, 7) is 4.14. The number of thiazole rings is 2. The van der Waals surface area contributed by atoms with Gasteiger partial charge in [-0.15, -0.1) is 11.3 Å². The molecule has 0 saturated heterocycles. The molecule has 35 heavy (non-hydrogen) atoms. The third kappa shape index (κ3) is 5.24. The van der Waals surface area contributed by atoms with Gasteiger partial charge in [0, 0.05) is 27.9 Å². The lowest BCUT2D eigenvalue weighted by Crippen LogP contribution is -2.11. The molecule has 0 aliphatic carbocycles. The second kappa shape index (κ2) is 9.69. The first-order valence-corrected chi connectivity index (χ1v) is 12.7. The van der Waals surface area contributed by atoms with Crippen LogP contribution in [0.2, 0.25) is 0 Å².